The molecule has 1 aliphatic heterocycles. The van der Waals surface area contributed by atoms with Gasteiger partial charge in [-0.05, 0) is 37.1 Å². The van der Waals surface area contributed by atoms with Crippen LogP contribution >= 0.6 is 0 Å². The van der Waals surface area contributed by atoms with E-state index in [9.17, 15) is 9.59 Å². The van der Waals surface area contributed by atoms with Crippen LogP contribution in [0.15, 0.2) is 36.5 Å². The third-order valence-electron chi connectivity index (χ3n) is 4.50. The third kappa shape index (κ3) is 4.62. The van der Waals surface area contributed by atoms with Crippen molar-refractivity contribution in [2.45, 2.75) is 13.8 Å². The highest BCUT2D eigenvalue weighted by molar-refractivity contribution is 6.02. The molecule has 0 bridgehead atoms. The van der Waals surface area contributed by atoms with Crippen LogP contribution in [0.2, 0.25) is 0 Å². The summed E-state index contributed by atoms with van der Waals surface area (Å²) >= 11 is 0. The minimum Gasteiger partial charge on any atom is -0.378 e. The molecule has 0 spiro atoms. The summed E-state index contributed by atoms with van der Waals surface area (Å²) < 4.78 is 5.35. The number of anilines is 2. The fourth-order valence-electron chi connectivity index (χ4n) is 3.05. The van der Waals surface area contributed by atoms with E-state index < -0.39 is 0 Å². The molecule has 0 atom stereocenters. The summed E-state index contributed by atoms with van der Waals surface area (Å²) in [5.74, 6) is 0.0345. The van der Waals surface area contributed by atoms with E-state index in [1.807, 2.05) is 36.9 Å². The normalized spacial score (nSPS) is 13.9. The van der Waals surface area contributed by atoms with Crippen molar-refractivity contribution in [3.63, 3.8) is 0 Å². The summed E-state index contributed by atoms with van der Waals surface area (Å²) in [6, 6.07) is 9.25. The number of morpholine rings is 1. The molecule has 7 nitrogen and oxygen atoms in total. The van der Waals surface area contributed by atoms with Crippen molar-refractivity contribution in [1.29, 1.82) is 0 Å². The number of para-hydroxylation sites is 1. The van der Waals surface area contributed by atoms with Gasteiger partial charge in [-0.3, -0.25) is 9.59 Å². The van der Waals surface area contributed by atoms with Crippen LogP contribution in [0.3, 0.4) is 0 Å². The Kier molecular flexibility index (Phi) is 6.03. The Bertz CT molecular complexity index is 811. The lowest BCUT2D eigenvalue weighted by Crippen LogP contribution is -2.39. The van der Waals surface area contributed by atoms with E-state index in [1.165, 1.54) is 0 Å². The molecule has 1 fully saturated rings. The Morgan fingerprint density at radius 1 is 1.11 bits per heavy atom. The third-order valence-corrected chi connectivity index (χ3v) is 4.50. The number of carbonyl (C=O) groups excluding carboxylic acids is 2. The molecule has 27 heavy (non-hydrogen) atoms. The molecular formula is C20H24N4O3. The van der Waals surface area contributed by atoms with Crippen LogP contribution in [0.5, 0.6) is 0 Å². The summed E-state index contributed by atoms with van der Waals surface area (Å²) in [4.78, 5) is 31.3. The van der Waals surface area contributed by atoms with Crippen LogP contribution in [-0.2, 0) is 9.53 Å². The zero-order valence-corrected chi connectivity index (χ0v) is 15.6. The van der Waals surface area contributed by atoms with Gasteiger partial charge in [-0.2, -0.15) is 0 Å². The molecule has 0 saturated carbocycles. The van der Waals surface area contributed by atoms with Crippen LogP contribution in [0.4, 0.5) is 11.5 Å². The highest BCUT2D eigenvalue weighted by Gasteiger charge is 2.20. The van der Waals surface area contributed by atoms with Crippen molar-refractivity contribution in [2.75, 3.05) is 43.1 Å². The van der Waals surface area contributed by atoms with Gasteiger partial charge in [0.25, 0.3) is 5.91 Å². The molecule has 2 heterocycles. The summed E-state index contributed by atoms with van der Waals surface area (Å²) in [6.45, 7) is 6.35. The number of nitrogens with one attached hydrogen (secondary N) is 2. The number of carbonyl (C=O) groups is 2. The van der Waals surface area contributed by atoms with Gasteiger partial charge in [0.15, 0.2) is 0 Å². The summed E-state index contributed by atoms with van der Waals surface area (Å²) in [5.41, 5.74) is 3.21. The maximum atomic E-state index is 12.6. The molecule has 142 valence electrons. The predicted octanol–water partition coefficient (Wildman–Crippen LogP) is 1.90. The van der Waals surface area contributed by atoms with E-state index in [0.717, 1.165) is 16.8 Å². The predicted molar refractivity (Wildman–Crippen MR) is 104 cm³/mol. The lowest BCUT2D eigenvalue weighted by molar-refractivity contribution is -0.115. The van der Waals surface area contributed by atoms with Gasteiger partial charge in [0.05, 0.1) is 25.3 Å². The minimum absolute atomic E-state index is 0.107. The summed E-state index contributed by atoms with van der Waals surface area (Å²) in [7, 11) is 0. The molecule has 7 heteroatoms. The van der Waals surface area contributed by atoms with E-state index in [1.54, 1.807) is 18.3 Å². The van der Waals surface area contributed by atoms with E-state index in [4.69, 9.17) is 4.74 Å². The van der Waals surface area contributed by atoms with Gasteiger partial charge in [-0.15, -0.1) is 0 Å². The Morgan fingerprint density at radius 2 is 1.81 bits per heavy atom. The molecule has 0 unspecified atom stereocenters. The first-order valence-corrected chi connectivity index (χ1v) is 8.98. The van der Waals surface area contributed by atoms with E-state index in [-0.39, 0.29) is 18.4 Å². The van der Waals surface area contributed by atoms with Crippen LogP contribution in [0, 0.1) is 13.8 Å². The average molecular weight is 368 g/mol. The number of hydrogen-bond donors (Lipinski definition) is 2. The van der Waals surface area contributed by atoms with Gasteiger partial charge < -0.3 is 20.3 Å². The lowest BCUT2D eigenvalue weighted by Gasteiger charge is -2.29. The maximum Gasteiger partial charge on any atom is 0.255 e. The molecule has 2 aromatic rings. The molecule has 0 aliphatic carbocycles. The molecule has 1 aromatic carbocycles. The fraction of sp³-hybridized carbons (Fsp3) is 0.350. The number of aryl methyl sites for hydroxylation is 2. The quantitative estimate of drug-likeness (QED) is 0.842. The standard InChI is InChI=1S/C20H24N4O3/c1-14-5-3-6-15(2)18(14)23-17(25)13-22-20(26)16-7-4-8-21-19(16)24-9-11-27-12-10-24/h3-8H,9-13H2,1-2H3,(H,22,26)(H,23,25). The first kappa shape index (κ1) is 18.8. The van der Waals surface area contributed by atoms with Gasteiger partial charge in [0, 0.05) is 25.0 Å². The number of amides is 2. The number of nitrogens with zero attached hydrogens (tertiary/aromatic N) is 2. The molecule has 3 rings (SSSR count). The Balaban J connectivity index is 1.63. The maximum absolute atomic E-state index is 12.6. The van der Waals surface area contributed by atoms with Gasteiger partial charge in [-0.25, -0.2) is 4.98 Å². The van der Waals surface area contributed by atoms with Crippen molar-refractivity contribution < 1.29 is 14.3 Å². The van der Waals surface area contributed by atoms with Crippen molar-refractivity contribution in [1.82, 2.24) is 10.3 Å². The topological polar surface area (TPSA) is 83.6 Å². The Labute approximate surface area is 158 Å². The van der Waals surface area contributed by atoms with Crippen LogP contribution < -0.4 is 15.5 Å². The van der Waals surface area contributed by atoms with Crippen molar-refractivity contribution in [2.24, 2.45) is 0 Å². The smallest absolute Gasteiger partial charge is 0.255 e. The second kappa shape index (κ2) is 8.64. The largest absolute Gasteiger partial charge is 0.378 e. The molecule has 1 aliphatic rings. The summed E-state index contributed by atoms with van der Waals surface area (Å²) in [6.07, 6.45) is 1.66. The fourth-order valence-corrected chi connectivity index (χ4v) is 3.05. The van der Waals surface area contributed by atoms with Crippen molar-refractivity contribution in [3.05, 3.63) is 53.2 Å². The molecule has 2 amide bonds. The van der Waals surface area contributed by atoms with Crippen LogP contribution in [0.1, 0.15) is 21.5 Å². The van der Waals surface area contributed by atoms with E-state index >= 15 is 0 Å². The first-order valence-electron chi connectivity index (χ1n) is 8.98. The SMILES string of the molecule is Cc1cccc(C)c1NC(=O)CNC(=O)c1cccnc1N1CCOCC1. The van der Waals surface area contributed by atoms with Crippen molar-refractivity contribution in [3.8, 4) is 0 Å². The lowest BCUT2D eigenvalue weighted by atomic mass is 10.1. The molecule has 1 aromatic heterocycles. The first-order chi connectivity index (χ1) is 13.1. The zero-order valence-electron chi connectivity index (χ0n) is 15.6. The monoisotopic (exact) mass is 368 g/mol. The van der Waals surface area contributed by atoms with Gasteiger partial charge in [0.1, 0.15) is 5.82 Å². The highest BCUT2D eigenvalue weighted by atomic mass is 16.5. The molecular weight excluding hydrogens is 344 g/mol. The minimum atomic E-state index is -0.318. The number of hydrogen-bond acceptors (Lipinski definition) is 5. The van der Waals surface area contributed by atoms with Crippen molar-refractivity contribution >= 4 is 23.3 Å². The van der Waals surface area contributed by atoms with Crippen LogP contribution in [0.25, 0.3) is 0 Å². The number of aromatic nitrogens is 1. The zero-order chi connectivity index (χ0) is 19.2. The summed E-state index contributed by atoms with van der Waals surface area (Å²) in [5, 5.41) is 5.56. The molecule has 2 N–H and O–H groups in total. The number of pyridine rings is 1. The Morgan fingerprint density at radius 3 is 2.52 bits per heavy atom. The van der Waals surface area contributed by atoms with E-state index in [0.29, 0.717) is 37.7 Å². The number of ether oxygens (including phenoxy) is 1. The van der Waals surface area contributed by atoms with Crippen LogP contribution in [-0.4, -0.2) is 49.6 Å². The second-order valence-electron chi connectivity index (χ2n) is 6.47. The second-order valence-corrected chi connectivity index (χ2v) is 6.47. The number of benzene rings is 1. The van der Waals surface area contributed by atoms with Gasteiger partial charge in [0.2, 0.25) is 5.91 Å². The molecule has 0 radical (unpaired) electrons. The Hall–Kier alpha value is -2.93. The van der Waals surface area contributed by atoms with Gasteiger partial charge in [-0.1, -0.05) is 18.2 Å². The average Bonchev–Trinajstić information content (AvgIpc) is 2.70. The number of rotatable bonds is 5. The highest BCUT2D eigenvalue weighted by Crippen LogP contribution is 2.20. The molecule has 1 saturated heterocycles. The van der Waals surface area contributed by atoms with E-state index in [2.05, 4.69) is 15.6 Å². The van der Waals surface area contributed by atoms with Gasteiger partial charge >= 0.3 is 0 Å².